The molecule has 1 amide bonds. The Morgan fingerprint density at radius 3 is 2.64 bits per heavy atom. The number of carbonyl (C=O) groups is 1. The summed E-state index contributed by atoms with van der Waals surface area (Å²) in [6.45, 7) is 5.28. The highest BCUT2D eigenvalue weighted by Crippen LogP contribution is 2.50. The minimum absolute atomic E-state index is 0.0120. The molecule has 5 atom stereocenters. The van der Waals surface area contributed by atoms with Crippen molar-refractivity contribution in [3.8, 4) is 0 Å². The number of nitrogens with one attached hydrogen (secondary N) is 1. The Labute approximate surface area is 194 Å². The molecule has 6 heteroatoms. The monoisotopic (exact) mass is 447 g/mol. The predicted octanol–water partition coefficient (Wildman–Crippen LogP) is 3.13. The van der Waals surface area contributed by atoms with Gasteiger partial charge in [0.25, 0.3) is 5.56 Å². The standard InChI is InChI=1S/C27H33N3O3/c1-3-7-20-12-13-22-25-24(26(32)28-17(2)19-8-5-4-6-9-19)21(16-31)23(15-30(22)27(20)33)29(25)14-18-10-11-18/h3-9,12-13,17-18,21,23-25,31H,10-11,14-16H2,1-2H3,(H,28,32)/b7-3-/t17-,21+,23+,24-,25-/m0/s1. The number of benzene rings is 1. The van der Waals surface area contributed by atoms with Crippen molar-refractivity contribution in [1.82, 2.24) is 14.8 Å². The highest BCUT2D eigenvalue weighted by molar-refractivity contribution is 5.81. The number of amides is 1. The molecule has 2 N–H and O–H groups in total. The first-order valence-corrected chi connectivity index (χ1v) is 12.1. The summed E-state index contributed by atoms with van der Waals surface area (Å²) < 4.78 is 1.85. The van der Waals surface area contributed by atoms with E-state index in [-0.39, 0.29) is 42.1 Å². The Bertz CT molecular complexity index is 1110. The molecule has 1 saturated heterocycles. The van der Waals surface area contributed by atoms with E-state index in [2.05, 4.69) is 10.2 Å². The molecule has 6 nitrogen and oxygen atoms in total. The molecule has 174 valence electrons. The lowest BCUT2D eigenvalue weighted by Gasteiger charge is -2.38. The number of aromatic nitrogens is 1. The number of rotatable bonds is 7. The third-order valence-corrected chi connectivity index (χ3v) is 7.67. The lowest BCUT2D eigenvalue weighted by atomic mass is 9.86. The Kier molecular flexibility index (Phi) is 5.97. The number of nitrogens with zero attached hydrogens (tertiary/aromatic N) is 2. The summed E-state index contributed by atoms with van der Waals surface area (Å²) in [6.07, 6.45) is 6.14. The maximum absolute atomic E-state index is 13.7. The van der Waals surface area contributed by atoms with E-state index < -0.39 is 5.92 Å². The molecule has 3 heterocycles. The van der Waals surface area contributed by atoms with E-state index in [0.29, 0.717) is 18.0 Å². The fraction of sp³-hybridized carbons (Fsp3) is 0.481. The summed E-state index contributed by atoms with van der Waals surface area (Å²) in [5, 5.41) is 13.6. The van der Waals surface area contributed by atoms with E-state index in [4.69, 9.17) is 0 Å². The lowest BCUT2D eigenvalue weighted by Crippen LogP contribution is -2.47. The summed E-state index contributed by atoms with van der Waals surface area (Å²) in [7, 11) is 0. The first kappa shape index (κ1) is 22.1. The van der Waals surface area contributed by atoms with Gasteiger partial charge in [0.15, 0.2) is 0 Å². The molecule has 1 aliphatic carbocycles. The van der Waals surface area contributed by atoms with Gasteiger partial charge in [0.2, 0.25) is 5.91 Å². The van der Waals surface area contributed by atoms with Crippen LogP contribution in [-0.4, -0.2) is 39.7 Å². The number of aliphatic hydroxyl groups is 1. The first-order chi connectivity index (χ1) is 16.0. The van der Waals surface area contributed by atoms with Gasteiger partial charge in [0.1, 0.15) is 0 Å². The van der Waals surface area contributed by atoms with Crippen molar-refractivity contribution in [1.29, 1.82) is 0 Å². The molecule has 33 heavy (non-hydrogen) atoms. The summed E-state index contributed by atoms with van der Waals surface area (Å²) in [6, 6.07) is 13.5. The molecule has 2 bridgehead atoms. The molecule has 1 aromatic heterocycles. The molecule has 3 aliphatic rings. The largest absolute Gasteiger partial charge is 0.396 e. The van der Waals surface area contributed by atoms with Crippen LogP contribution in [0.15, 0.2) is 53.3 Å². The van der Waals surface area contributed by atoms with E-state index in [1.807, 2.05) is 73.0 Å². The normalized spacial score (nSPS) is 27.5. The van der Waals surface area contributed by atoms with Crippen LogP contribution < -0.4 is 10.9 Å². The van der Waals surface area contributed by atoms with Crippen LogP contribution in [0.4, 0.5) is 0 Å². The van der Waals surface area contributed by atoms with Crippen molar-refractivity contribution in [3.63, 3.8) is 0 Å². The van der Waals surface area contributed by atoms with Crippen molar-refractivity contribution in [3.05, 3.63) is 75.7 Å². The first-order valence-electron chi connectivity index (χ1n) is 12.1. The minimum Gasteiger partial charge on any atom is -0.396 e. The van der Waals surface area contributed by atoms with Gasteiger partial charge in [0.05, 0.1) is 18.0 Å². The Morgan fingerprint density at radius 1 is 1.21 bits per heavy atom. The van der Waals surface area contributed by atoms with Crippen LogP contribution in [0.25, 0.3) is 6.08 Å². The molecule has 1 aromatic carbocycles. The minimum atomic E-state index is -0.398. The number of carbonyl (C=O) groups excluding carboxylic acids is 1. The van der Waals surface area contributed by atoms with Crippen LogP contribution in [0.1, 0.15) is 55.6 Å². The summed E-state index contributed by atoms with van der Waals surface area (Å²) in [5.41, 5.74) is 2.60. The average Bonchev–Trinajstić information content (AvgIpc) is 3.61. The van der Waals surface area contributed by atoms with Crippen molar-refractivity contribution < 1.29 is 9.90 Å². The number of aliphatic hydroxyl groups excluding tert-OH is 1. The van der Waals surface area contributed by atoms with E-state index in [9.17, 15) is 14.7 Å². The molecule has 2 fully saturated rings. The van der Waals surface area contributed by atoms with Crippen LogP contribution in [0.2, 0.25) is 0 Å². The second-order valence-corrected chi connectivity index (χ2v) is 9.79. The molecule has 0 unspecified atom stereocenters. The van der Waals surface area contributed by atoms with Gasteiger partial charge in [0, 0.05) is 42.9 Å². The second-order valence-electron chi connectivity index (χ2n) is 9.79. The van der Waals surface area contributed by atoms with Gasteiger partial charge < -0.3 is 15.0 Å². The zero-order valence-corrected chi connectivity index (χ0v) is 19.4. The molecule has 5 rings (SSSR count). The zero-order chi connectivity index (χ0) is 23.1. The Balaban J connectivity index is 1.52. The third kappa shape index (κ3) is 3.96. The topological polar surface area (TPSA) is 74.6 Å². The quantitative estimate of drug-likeness (QED) is 0.684. The molecular formula is C27H33N3O3. The van der Waals surface area contributed by atoms with Crippen molar-refractivity contribution in [2.75, 3.05) is 13.2 Å². The summed E-state index contributed by atoms with van der Waals surface area (Å²) in [4.78, 5) is 29.3. The molecule has 1 saturated carbocycles. The number of pyridine rings is 1. The lowest BCUT2D eigenvalue weighted by molar-refractivity contribution is -0.128. The van der Waals surface area contributed by atoms with Gasteiger partial charge in [-0.1, -0.05) is 42.5 Å². The highest BCUT2D eigenvalue weighted by Gasteiger charge is 2.56. The van der Waals surface area contributed by atoms with E-state index >= 15 is 0 Å². The number of allylic oxidation sites excluding steroid dienone is 1. The average molecular weight is 448 g/mol. The van der Waals surface area contributed by atoms with E-state index in [1.54, 1.807) is 0 Å². The fourth-order valence-corrected chi connectivity index (χ4v) is 5.83. The SMILES string of the molecule is C/C=C\c1ccc2n(c1=O)C[C@@H]1[C@@H](CO)[C@H](C(=O)N[C@@H](C)c3ccccc3)[C@H]2N1CC1CC1. The van der Waals surface area contributed by atoms with Crippen LogP contribution in [0.5, 0.6) is 0 Å². The van der Waals surface area contributed by atoms with E-state index in [1.165, 1.54) is 12.8 Å². The van der Waals surface area contributed by atoms with Crippen LogP contribution in [-0.2, 0) is 11.3 Å². The maximum atomic E-state index is 13.7. The Hall–Kier alpha value is -2.70. The van der Waals surface area contributed by atoms with Gasteiger partial charge in [-0.3, -0.25) is 14.5 Å². The van der Waals surface area contributed by atoms with Crippen LogP contribution in [0, 0.1) is 17.8 Å². The summed E-state index contributed by atoms with van der Waals surface area (Å²) >= 11 is 0. The second kappa shape index (κ2) is 8.92. The smallest absolute Gasteiger partial charge is 0.258 e. The molecule has 0 radical (unpaired) electrons. The van der Waals surface area contributed by atoms with Gasteiger partial charge >= 0.3 is 0 Å². The van der Waals surface area contributed by atoms with Crippen LogP contribution in [0.3, 0.4) is 0 Å². The van der Waals surface area contributed by atoms with Crippen molar-refractivity contribution in [2.45, 2.75) is 51.4 Å². The number of hydrogen-bond acceptors (Lipinski definition) is 4. The molecule has 2 aromatic rings. The number of hydrogen-bond donors (Lipinski definition) is 2. The Morgan fingerprint density at radius 2 is 1.97 bits per heavy atom. The van der Waals surface area contributed by atoms with Crippen molar-refractivity contribution in [2.24, 2.45) is 17.8 Å². The number of fused-ring (bicyclic) bond motifs is 4. The predicted molar refractivity (Wildman–Crippen MR) is 128 cm³/mol. The van der Waals surface area contributed by atoms with E-state index in [0.717, 1.165) is 17.8 Å². The fourth-order valence-electron chi connectivity index (χ4n) is 5.83. The van der Waals surface area contributed by atoms with Gasteiger partial charge in [-0.25, -0.2) is 0 Å². The highest BCUT2D eigenvalue weighted by atomic mass is 16.3. The van der Waals surface area contributed by atoms with Gasteiger partial charge in [-0.2, -0.15) is 0 Å². The van der Waals surface area contributed by atoms with Gasteiger partial charge in [-0.05, 0) is 50.3 Å². The zero-order valence-electron chi connectivity index (χ0n) is 19.4. The molecular weight excluding hydrogens is 414 g/mol. The maximum Gasteiger partial charge on any atom is 0.258 e. The van der Waals surface area contributed by atoms with Gasteiger partial charge in [-0.15, -0.1) is 0 Å². The summed E-state index contributed by atoms with van der Waals surface area (Å²) in [5.74, 6) is 0.00363. The molecule has 2 aliphatic heterocycles. The third-order valence-electron chi connectivity index (χ3n) is 7.67. The van der Waals surface area contributed by atoms with Crippen LogP contribution >= 0.6 is 0 Å². The van der Waals surface area contributed by atoms with Crippen molar-refractivity contribution >= 4 is 12.0 Å². The molecule has 0 spiro atoms.